The molecule has 2 heterocycles. The number of azo groups is 1. The molecule has 0 aliphatic heterocycles. The first-order valence-corrected chi connectivity index (χ1v) is 24.1. The molecular formula is C41H50F12N4O2P2. The smallest absolute Gasteiger partial charge is 0.169 e. The third kappa shape index (κ3) is 21.2. The van der Waals surface area contributed by atoms with Gasteiger partial charge in [-0.05, 0) is 123 Å². The van der Waals surface area contributed by atoms with Crippen molar-refractivity contribution in [3.8, 4) is 16.9 Å². The van der Waals surface area contributed by atoms with Crippen LogP contribution in [0.1, 0.15) is 70.6 Å². The minimum atomic E-state index is -10.7. The number of pyridine rings is 2. The molecule has 0 spiro atoms. The summed E-state index contributed by atoms with van der Waals surface area (Å²) in [5.41, 5.74) is 4.44. The Kier molecular flexibility index (Phi) is 14.0. The van der Waals surface area contributed by atoms with Crippen LogP contribution in [0.4, 0.5) is 61.7 Å². The van der Waals surface area contributed by atoms with Gasteiger partial charge in [0.1, 0.15) is 12.3 Å². The molecule has 0 radical (unpaired) electrons. The van der Waals surface area contributed by atoms with Crippen LogP contribution in [0, 0.1) is 17.8 Å². The predicted molar refractivity (Wildman–Crippen MR) is 212 cm³/mol. The first-order valence-electron chi connectivity index (χ1n) is 20.0. The van der Waals surface area contributed by atoms with E-state index in [0.29, 0.717) is 0 Å². The number of rotatable bonds is 16. The molecule has 0 amide bonds. The number of hydrogen-bond acceptors (Lipinski definition) is 4. The van der Waals surface area contributed by atoms with E-state index in [4.69, 9.17) is 9.47 Å². The molecule has 4 fully saturated rings. The van der Waals surface area contributed by atoms with Gasteiger partial charge >= 0.3 is 66.0 Å². The quantitative estimate of drug-likeness (QED) is 0.0370. The summed E-state index contributed by atoms with van der Waals surface area (Å²) in [7, 11) is -21.3. The maximum Gasteiger partial charge on any atom is 0.169 e. The van der Waals surface area contributed by atoms with Gasteiger partial charge in [0.2, 0.25) is 0 Å². The third-order valence-corrected chi connectivity index (χ3v) is 10.5. The molecule has 2 aromatic carbocycles. The summed E-state index contributed by atoms with van der Waals surface area (Å²) in [4.78, 5) is 0. The maximum atomic E-state index is 9.87. The molecule has 4 bridgehead atoms. The zero-order valence-corrected chi connectivity index (χ0v) is 35.0. The van der Waals surface area contributed by atoms with Crippen LogP contribution in [0.3, 0.4) is 0 Å². The molecule has 340 valence electrons. The molecule has 20 heteroatoms. The Morgan fingerprint density at radius 1 is 0.492 bits per heavy atom. The topological polar surface area (TPSA) is 50.9 Å². The Morgan fingerprint density at radius 2 is 0.902 bits per heavy atom. The number of benzene rings is 2. The Balaban J connectivity index is 0.000000434. The van der Waals surface area contributed by atoms with Crippen LogP contribution in [0.5, 0.6) is 5.75 Å². The number of nitrogens with zero attached hydrogens (tertiary/aromatic N) is 4. The summed E-state index contributed by atoms with van der Waals surface area (Å²) in [6, 6.07) is 26.5. The van der Waals surface area contributed by atoms with Crippen LogP contribution in [0.2, 0.25) is 0 Å². The normalized spacial score (nSPS) is 23.0. The van der Waals surface area contributed by atoms with Gasteiger partial charge in [-0.1, -0.05) is 18.2 Å². The van der Waals surface area contributed by atoms with Crippen molar-refractivity contribution in [1.82, 2.24) is 0 Å². The Morgan fingerprint density at radius 3 is 1.36 bits per heavy atom. The van der Waals surface area contributed by atoms with E-state index in [9.17, 15) is 50.4 Å². The van der Waals surface area contributed by atoms with E-state index >= 15 is 0 Å². The van der Waals surface area contributed by atoms with Crippen LogP contribution in [0.15, 0.2) is 114 Å². The Hall–Kier alpha value is -3.88. The average molecular weight is 921 g/mol. The van der Waals surface area contributed by atoms with E-state index in [0.717, 1.165) is 74.0 Å². The number of hydrogen-bond donors (Lipinski definition) is 0. The molecule has 2 aromatic heterocycles. The predicted octanol–water partition coefficient (Wildman–Crippen LogP) is 16.1. The fourth-order valence-corrected chi connectivity index (χ4v) is 8.50. The average Bonchev–Trinajstić information content (AvgIpc) is 3.14. The SMILES string of the molecule is F[P-](F)(F)(F)(F)F.F[P-](F)(F)(F)(F)F.c1ccc(N=Nc2ccc(OCCCCCC[n+]3ccc(-c4cc[n+](CCCOC56CC7CC(CC(C7)C5)C6)cc4)cc3)cc2)cc1. The van der Waals surface area contributed by atoms with Crippen molar-refractivity contribution in [1.29, 1.82) is 0 Å². The van der Waals surface area contributed by atoms with Crippen molar-refractivity contribution in [2.45, 2.75) is 89.3 Å². The number of aromatic nitrogens is 2. The van der Waals surface area contributed by atoms with Gasteiger partial charge in [0.05, 0.1) is 30.2 Å². The van der Waals surface area contributed by atoms with Crippen LogP contribution >= 0.6 is 15.6 Å². The van der Waals surface area contributed by atoms with Gasteiger partial charge in [0, 0.05) is 37.1 Å². The van der Waals surface area contributed by atoms with Crippen molar-refractivity contribution in [3.63, 3.8) is 0 Å². The van der Waals surface area contributed by atoms with Crippen LogP contribution < -0.4 is 13.9 Å². The van der Waals surface area contributed by atoms with E-state index in [-0.39, 0.29) is 5.60 Å². The van der Waals surface area contributed by atoms with Crippen LogP contribution in [-0.2, 0) is 17.8 Å². The Bertz CT molecular complexity index is 1950. The minimum Gasteiger partial charge on any atom is -0.494 e. The summed E-state index contributed by atoms with van der Waals surface area (Å²) in [6.45, 7) is 3.69. The number of halogens is 12. The van der Waals surface area contributed by atoms with Gasteiger partial charge in [0.25, 0.3) is 0 Å². The summed E-state index contributed by atoms with van der Waals surface area (Å²) < 4.78 is 136. The maximum absolute atomic E-state index is 10.7. The van der Waals surface area contributed by atoms with Gasteiger partial charge in [0.15, 0.2) is 31.3 Å². The van der Waals surface area contributed by atoms with Crippen LogP contribution in [-0.4, -0.2) is 18.8 Å². The largest absolute Gasteiger partial charge is 0.494 e. The second-order valence-corrected chi connectivity index (χ2v) is 20.0. The molecule has 4 aromatic rings. The summed E-state index contributed by atoms with van der Waals surface area (Å²) >= 11 is 0. The molecule has 0 saturated heterocycles. The molecule has 61 heavy (non-hydrogen) atoms. The standard InChI is InChI=1S/C41H50N4O2.2F6P/c1(2-7-25-46-40-13-11-39(12-14-40)43-42-38-9-4-3-5-10-38)6-19-44-21-15-36(16-22-44)37-17-23-45(24-18-37)20-8-26-47-41-30-33-27-34(31-41)29-35(28-33)32-41;2*1-7(2,3,4,5)6/h3-5,9-18,21-24,33-35H,1-2,6-8,19-20,25-32H2;;/q+2;2*-1. The molecular weight excluding hydrogens is 870 g/mol. The molecule has 4 aliphatic carbocycles. The van der Waals surface area contributed by atoms with Gasteiger partial charge in [-0.15, -0.1) is 0 Å². The first-order chi connectivity index (χ1) is 28.1. The van der Waals surface area contributed by atoms with Crippen molar-refractivity contribution in [2.75, 3.05) is 13.2 Å². The second-order valence-electron chi connectivity index (χ2n) is 16.2. The van der Waals surface area contributed by atoms with Gasteiger partial charge in [-0.3, -0.25) is 0 Å². The molecule has 0 atom stereocenters. The molecule has 4 aliphatic rings. The van der Waals surface area contributed by atoms with Crippen molar-refractivity contribution >= 4 is 27.0 Å². The fourth-order valence-electron chi connectivity index (χ4n) is 8.50. The number of aryl methyl sites for hydroxylation is 2. The molecule has 6 nitrogen and oxygen atoms in total. The monoisotopic (exact) mass is 920 g/mol. The van der Waals surface area contributed by atoms with E-state index in [1.54, 1.807) is 0 Å². The molecule has 8 rings (SSSR count). The summed E-state index contributed by atoms with van der Waals surface area (Å²) in [6.07, 6.45) is 23.0. The minimum absolute atomic E-state index is 0.231. The molecule has 0 unspecified atom stereocenters. The van der Waals surface area contributed by atoms with E-state index in [2.05, 4.69) is 68.4 Å². The van der Waals surface area contributed by atoms with Crippen molar-refractivity contribution in [2.24, 2.45) is 28.0 Å². The van der Waals surface area contributed by atoms with Gasteiger partial charge in [-0.25, -0.2) is 9.13 Å². The third-order valence-electron chi connectivity index (χ3n) is 10.5. The zero-order valence-electron chi connectivity index (χ0n) is 33.2. The summed E-state index contributed by atoms with van der Waals surface area (Å²) in [5.74, 6) is 3.73. The number of ether oxygens (including phenoxy) is 2. The zero-order chi connectivity index (χ0) is 44.5. The van der Waals surface area contributed by atoms with Crippen molar-refractivity contribution in [3.05, 3.63) is 104 Å². The van der Waals surface area contributed by atoms with E-state index in [1.807, 2.05) is 54.6 Å². The van der Waals surface area contributed by atoms with Gasteiger partial charge in [-0.2, -0.15) is 10.2 Å². The van der Waals surface area contributed by atoms with Crippen molar-refractivity contribution < 1.29 is 69.0 Å². The van der Waals surface area contributed by atoms with E-state index in [1.165, 1.54) is 68.9 Å². The molecule has 4 saturated carbocycles. The van der Waals surface area contributed by atoms with Crippen LogP contribution in [0.25, 0.3) is 11.1 Å². The molecule has 0 N–H and O–H groups in total. The summed E-state index contributed by atoms with van der Waals surface area (Å²) in [5, 5.41) is 8.55. The fraction of sp³-hybridized carbons (Fsp3) is 0.463. The van der Waals surface area contributed by atoms with Gasteiger partial charge < -0.3 is 9.47 Å². The Labute approximate surface area is 346 Å². The second kappa shape index (κ2) is 17.7. The van der Waals surface area contributed by atoms with E-state index < -0.39 is 15.6 Å². The number of unbranched alkanes of at least 4 members (excludes halogenated alkanes) is 3. The first kappa shape index (κ1) is 48.2.